The van der Waals surface area contributed by atoms with Crippen molar-refractivity contribution in [2.24, 2.45) is 5.92 Å². The van der Waals surface area contributed by atoms with Gasteiger partial charge in [-0.2, -0.15) is 0 Å². The predicted octanol–water partition coefficient (Wildman–Crippen LogP) is 1.61. The number of benzene rings is 1. The Hall–Kier alpha value is -1.53. The minimum Gasteiger partial charge on any atom is -0.396 e. The highest BCUT2D eigenvalue weighted by molar-refractivity contribution is 5.94. The number of carbonyl (C=O) groups is 1. The second-order valence-electron chi connectivity index (χ2n) is 5.12. The monoisotopic (exact) mass is 284 g/mol. The minimum absolute atomic E-state index is 0.101. The van der Waals surface area contributed by atoms with E-state index in [0.29, 0.717) is 13.1 Å². The van der Waals surface area contributed by atoms with Gasteiger partial charge in [-0.05, 0) is 37.9 Å². The van der Waals surface area contributed by atoms with Gasteiger partial charge in [-0.25, -0.2) is 8.78 Å². The average molecular weight is 284 g/mol. The van der Waals surface area contributed by atoms with Gasteiger partial charge in [0.25, 0.3) is 0 Å². The first-order valence-corrected chi connectivity index (χ1v) is 6.62. The fourth-order valence-electron chi connectivity index (χ4n) is 2.36. The van der Waals surface area contributed by atoms with Crippen molar-refractivity contribution in [3.63, 3.8) is 0 Å². The maximum Gasteiger partial charge on any atom is 0.241 e. The molecular weight excluding hydrogens is 266 g/mol. The van der Waals surface area contributed by atoms with Crippen LogP contribution in [0.25, 0.3) is 0 Å². The minimum atomic E-state index is -0.665. The lowest BCUT2D eigenvalue weighted by Crippen LogP contribution is -2.41. The molecule has 6 heteroatoms. The summed E-state index contributed by atoms with van der Waals surface area (Å²) in [6.07, 6.45) is 0.836. The molecule has 1 aromatic rings. The summed E-state index contributed by atoms with van der Waals surface area (Å²) >= 11 is 0. The van der Waals surface area contributed by atoms with Gasteiger partial charge in [0.2, 0.25) is 5.91 Å². The SMILES string of the molecule is CC(C(=O)Nc1cc(F)ccc1F)N1CCC(CO)C1. The predicted molar refractivity (Wildman–Crippen MR) is 71.2 cm³/mol. The Bertz CT molecular complexity index is 496. The molecule has 2 unspecified atom stereocenters. The van der Waals surface area contributed by atoms with Crippen LogP contribution in [0.15, 0.2) is 18.2 Å². The van der Waals surface area contributed by atoms with Crippen LogP contribution in [0.5, 0.6) is 0 Å². The van der Waals surface area contributed by atoms with Crippen molar-refractivity contribution >= 4 is 11.6 Å². The average Bonchev–Trinajstić information content (AvgIpc) is 2.90. The van der Waals surface area contributed by atoms with E-state index in [9.17, 15) is 13.6 Å². The molecule has 20 heavy (non-hydrogen) atoms. The quantitative estimate of drug-likeness (QED) is 0.883. The van der Waals surface area contributed by atoms with Crippen LogP contribution >= 0.6 is 0 Å². The Morgan fingerprint density at radius 2 is 2.30 bits per heavy atom. The molecule has 1 aliphatic heterocycles. The van der Waals surface area contributed by atoms with E-state index >= 15 is 0 Å². The van der Waals surface area contributed by atoms with Crippen molar-refractivity contribution in [3.8, 4) is 0 Å². The second kappa shape index (κ2) is 6.28. The summed E-state index contributed by atoms with van der Waals surface area (Å²) in [4.78, 5) is 14.0. The van der Waals surface area contributed by atoms with Crippen molar-refractivity contribution in [2.45, 2.75) is 19.4 Å². The Morgan fingerprint density at radius 1 is 1.55 bits per heavy atom. The zero-order valence-electron chi connectivity index (χ0n) is 11.3. The Morgan fingerprint density at radius 3 is 2.95 bits per heavy atom. The maximum atomic E-state index is 13.5. The molecule has 0 bridgehead atoms. The molecule has 4 nitrogen and oxygen atoms in total. The van der Waals surface area contributed by atoms with E-state index in [1.54, 1.807) is 6.92 Å². The highest BCUT2D eigenvalue weighted by Crippen LogP contribution is 2.20. The molecule has 110 valence electrons. The molecule has 2 atom stereocenters. The molecule has 0 spiro atoms. The molecule has 0 radical (unpaired) electrons. The lowest BCUT2D eigenvalue weighted by Gasteiger charge is -2.23. The van der Waals surface area contributed by atoms with Crippen LogP contribution < -0.4 is 5.32 Å². The van der Waals surface area contributed by atoms with E-state index in [0.717, 1.165) is 24.6 Å². The van der Waals surface area contributed by atoms with Gasteiger partial charge in [0, 0.05) is 19.2 Å². The Labute approximate surface area is 116 Å². The number of nitrogens with zero attached hydrogens (tertiary/aromatic N) is 1. The number of hydrogen-bond acceptors (Lipinski definition) is 3. The van der Waals surface area contributed by atoms with Crippen LogP contribution in [0.1, 0.15) is 13.3 Å². The molecule has 0 aromatic heterocycles. The summed E-state index contributed by atoms with van der Waals surface area (Å²) in [5.41, 5.74) is -0.153. The van der Waals surface area contributed by atoms with Gasteiger partial charge in [0.05, 0.1) is 11.7 Å². The molecule has 2 N–H and O–H groups in total. The number of hydrogen-bond donors (Lipinski definition) is 2. The van der Waals surface area contributed by atoms with E-state index in [4.69, 9.17) is 5.11 Å². The first-order chi connectivity index (χ1) is 9.51. The molecule has 1 aliphatic rings. The van der Waals surface area contributed by atoms with E-state index < -0.39 is 17.7 Å². The number of likely N-dealkylation sites (tertiary alicyclic amines) is 1. The smallest absolute Gasteiger partial charge is 0.241 e. The number of aliphatic hydroxyl groups excluding tert-OH is 1. The lowest BCUT2D eigenvalue weighted by atomic mass is 10.1. The number of carbonyl (C=O) groups excluding carboxylic acids is 1. The van der Waals surface area contributed by atoms with E-state index in [-0.39, 0.29) is 24.1 Å². The van der Waals surface area contributed by atoms with Crippen molar-refractivity contribution in [1.82, 2.24) is 4.90 Å². The van der Waals surface area contributed by atoms with E-state index in [2.05, 4.69) is 5.32 Å². The number of nitrogens with one attached hydrogen (secondary N) is 1. The molecule has 1 heterocycles. The van der Waals surface area contributed by atoms with Crippen LogP contribution in [-0.4, -0.2) is 41.7 Å². The topological polar surface area (TPSA) is 52.6 Å². The van der Waals surface area contributed by atoms with Crippen molar-refractivity contribution in [3.05, 3.63) is 29.8 Å². The molecule has 1 aromatic carbocycles. The van der Waals surface area contributed by atoms with Crippen LogP contribution in [0.2, 0.25) is 0 Å². The number of rotatable bonds is 4. The number of amides is 1. The third kappa shape index (κ3) is 3.32. The summed E-state index contributed by atoms with van der Waals surface area (Å²) in [5, 5.41) is 11.5. The van der Waals surface area contributed by atoms with Gasteiger partial charge in [0.1, 0.15) is 11.6 Å². The first-order valence-electron chi connectivity index (χ1n) is 6.62. The molecule has 1 fully saturated rings. The molecule has 1 amide bonds. The summed E-state index contributed by atoms with van der Waals surface area (Å²) in [7, 11) is 0. The summed E-state index contributed by atoms with van der Waals surface area (Å²) in [6, 6.07) is 2.49. The van der Waals surface area contributed by atoms with E-state index in [1.165, 1.54) is 0 Å². The summed E-state index contributed by atoms with van der Waals surface area (Å²) in [6.45, 7) is 3.16. The largest absolute Gasteiger partial charge is 0.396 e. The Balaban J connectivity index is 1.99. The highest BCUT2D eigenvalue weighted by Gasteiger charge is 2.29. The third-order valence-corrected chi connectivity index (χ3v) is 3.69. The van der Waals surface area contributed by atoms with E-state index in [1.807, 2.05) is 4.90 Å². The normalized spacial score (nSPS) is 20.9. The van der Waals surface area contributed by atoms with Gasteiger partial charge in [0.15, 0.2) is 0 Å². The van der Waals surface area contributed by atoms with Crippen molar-refractivity contribution < 1.29 is 18.7 Å². The zero-order valence-corrected chi connectivity index (χ0v) is 11.3. The van der Waals surface area contributed by atoms with Gasteiger partial charge in [-0.15, -0.1) is 0 Å². The van der Waals surface area contributed by atoms with Crippen LogP contribution in [0, 0.1) is 17.6 Å². The second-order valence-corrected chi connectivity index (χ2v) is 5.12. The fraction of sp³-hybridized carbons (Fsp3) is 0.500. The van der Waals surface area contributed by atoms with Gasteiger partial charge < -0.3 is 10.4 Å². The number of anilines is 1. The molecule has 0 aliphatic carbocycles. The summed E-state index contributed by atoms with van der Waals surface area (Å²) in [5.74, 6) is -1.47. The van der Waals surface area contributed by atoms with Crippen LogP contribution in [-0.2, 0) is 4.79 Å². The van der Waals surface area contributed by atoms with Crippen molar-refractivity contribution in [2.75, 3.05) is 25.0 Å². The number of halogens is 2. The standard InChI is InChI=1S/C14H18F2N2O2/c1-9(18-5-4-10(7-18)8-19)14(20)17-13-6-11(15)2-3-12(13)16/h2-3,6,9-10,19H,4-5,7-8H2,1H3,(H,17,20). The first kappa shape index (κ1) is 14.9. The lowest BCUT2D eigenvalue weighted by molar-refractivity contribution is -0.120. The third-order valence-electron chi connectivity index (χ3n) is 3.69. The van der Waals surface area contributed by atoms with Gasteiger partial charge in [-0.3, -0.25) is 9.69 Å². The maximum absolute atomic E-state index is 13.5. The molecule has 1 saturated heterocycles. The molecule has 0 saturated carbocycles. The van der Waals surface area contributed by atoms with Gasteiger partial charge in [-0.1, -0.05) is 0 Å². The highest BCUT2D eigenvalue weighted by atomic mass is 19.1. The molecular formula is C14H18F2N2O2. The van der Waals surface area contributed by atoms with Crippen LogP contribution in [0.4, 0.5) is 14.5 Å². The van der Waals surface area contributed by atoms with Crippen molar-refractivity contribution in [1.29, 1.82) is 0 Å². The number of aliphatic hydroxyl groups is 1. The van der Waals surface area contributed by atoms with Gasteiger partial charge >= 0.3 is 0 Å². The fourth-order valence-corrected chi connectivity index (χ4v) is 2.36. The Kier molecular flexibility index (Phi) is 4.67. The van der Waals surface area contributed by atoms with Crippen LogP contribution in [0.3, 0.4) is 0 Å². The summed E-state index contributed by atoms with van der Waals surface area (Å²) < 4.78 is 26.5. The zero-order chi connectivity index (χ0) is 14.7. The molecule has 2 rings (SSSR count).